The van der Waals surface area contributed by atoms with Crippen molar-refractivity contribution in [2.24, 2.45) is 5.92 Å². The second-order valence-electron chi connectivity index (χ2n) is 13.4. The van der Waals surface area contributed by atoms with Crippen LogP contribution in [0.25, 0.3) is 0 Å². The number of aliphatic hydroxyl groups is 2. The molecule has 0 saturated heterocycles. The van der Waals surface area contributed by atoms with Crippen molar-refractivity contribution in [1.29, 1.82) is 0 Å². The molecule has 0 spiro atoms. The molecule has 4 nitrogen and oxygen atoms in total. The average Bonchev–Trinajstić information content (AvgIpc) is 3.00. The van der Waals surface area contributed by atoms with Crippen LogP contribution in [-0.2, 0) is 4.79 Å². The van der Waals surface area contributed by atoms with Crippen molar-refractivity contribution < 1.29 is 20.1 Å². The first kappa shape index (κ1) is 44.5. The number of carboxylic acids is 1. The quantitative estimate of drug-likeness (QED) is 0.0499. The summed E-state index contributed by atoms with van der Waals surface area (Å²) in [6.07, 6.45) is 42.1. The van der Waals surface area contributed by atoms with E-state index in [4.69, 9.17) is 10.2 Å². The molecule has 0 rings (SSSR count). The number of hydrogen-bond acceptors (Lipinski definition) is 3. The SMILES string of the molecule is CCC(O)O.CCCCCCCCCCCCCCCCCCC(CCCCCCCCCCCCCCCC)C(=O)O. The Morgan fingerprint density at radius 2 is 0.581 bits per heavy atom. The van der Waals surface area contributed by atoms with Gasteiger partial charge in [0.2, 0.25) is 0 Å². The average molecular weight is 613 g/mol. The van der Waals surface area contributed by atoms with Crippen molar-refractivity contribution in [2.75, 3.05) is 0 Å². The highest BCUT2D eigenvalue weighted by atomic mass is 16.5. The van der Waals surface area contributed by atoms with Crippen molar-refractivity contribution >= 4 is 5.97 Å². The van der Waals surface area contributed by atoms with Crippen molar-refractivity contribution in [3.05, 3.63) is 0 Å². The Hall–Kier alpha value is -0.610. The lowest BCUT2D eigenvalue weighted by atomic mass is 9.94. The van der Waals surface area contributed by atoms with Crippen LogP contribution in [0.5, 0.6) is 0 Å². The van der Waals surface area contributed by atoms with Gasteiger partial charge < -0.3 is 15.3 Å². The smallest absolute Gasteiger partial charge is 0.306 e. The number of rotatable bonds is 34. The van der Waals surface area contributed by atoms with Crippen molar-refractivity contribution in [3.63, 3.8) is 0 Å². The van der Waals surface area contributed by atoms with E-state index in [1.807, 2.05) is 0 Å². The lowest BCUT2D eigenvalue weighted by Crippen LogP contribution is -2.13. The Labute approximate surface area is 270 Å². The summed E-state index contributed by atoms with van der Waals surface area (Å²) in [7, 11) is 0. The summed E-state index contributed by atoms with van der Waals surface area (Å²) in [5.74, 6) is -0.653. The molecule has 0 aliphatic carbocycles. The fraction of sp³-hybridized carbons (Fsp3) is 0.974. The third kappa shape index (κ3) is 41.4. The highest BCUT2D eigenvalue weighted by Gasteiger charge is 2.16. The molecular weight excluding hydrogens is 532 g/mol. The summed E-state index contributed by atoms with van der Waals surface area (Å²) in [6, 6.07) is 0. The van der Waals surface area contributed by atoms with Crippen molar-refractivity contribution in [3.8, 4) is 0 Å². The van der Waals surface area contributed by atoms with E-state index in [-0.39, 0.29) is 5.92 Å². The number of hydrogen-bond donors (Lipinski definition) is 3. The van der Waals surface area contributed by atoms with E-state index >= 15 is 0 Å². The van der Waals surface area contributed by atoms with Crippen LogP contribution in [0.2, 0.25) is 0 Å². The van der Waals surface area contributed by atoms with Crippen LogP contribution in [0.4, 0.5) is 0 Å². The monoisotopic (exact) mass is 613 g/mol. The summed E-state index contributed by atoms with van der Waals surface area (Å²) >= 11 is 0. The summed E-state index contributed by atoms with van der Waals surface area (Å²) in [5, 5.41) is 25.4. The zero-order valence-corrected chi connectivity index (χ0v) is 29.7. The molecule has 0 fully saturated rings. The van der Waals surface area contributed by atoms with Gasteiger partial charge >= 0.3 is 5.97 Å². The van der Waals surface area contributed by atoms with Gasteiger partial charge in [0.25, 0.3) is 0 Å². The largest absolute Gasteiger partial charge is 0.481 e. The van der Waals surface area contributed by atoms with Gasteiger partial charge in [-0.05, 0) is 19.3 Å². The number of unbranched alkanes of at least 4 members (excludes halogenated alkanes) is 28. The molecule has 0 aliphatic heterocycles. The van der Waals surface area contributed by atoms with E-state index in [2.05, 4.69) is 13.8 Å². The molecule has 3 N–H and O–H groups in total. The van der Waals surface area contributed by atoms with Gasteiger partial charge in [-0.1, -0.05) is 213 Å². The van der Waals surface area contributed by atoms with Gasteiger partial charge in [-0.3, -0.25) is 4.79 Å². The van der Waals surface area contributed by atoms with Crippen LogP contribution < -0.4 is 0 Å². The van der Waals surface area contributed by atoms with E-state index in [1.54, 1.807) is 6.92 Å². The van der Waals surface area contributed by atoms with Gasteiger partial charge in [-0.2, -0.15) is 0 Å². The molecule has 0 radical (unpaired) electrons. The van der Waals surface area contributed by atoms with E-state index in [1.165, 1.54) is 180 Å². The maximum Gasteiger partial charge on any atom is 0.306 e. The van der Waals surface area contributed by atoms with Crippen LogP contribution >= 0.6 is 0 Å². The number of aliphatic carboxylic acids is 1. The summed E-state index contributed by atoms with van der Waals surface area (Å²) in [6.45, 7) is 6.27. The molecule has 260 valence electrons. The van der Waals surface area contributed by atoms with Gasteiger partial charge in [0.15, 0.2) is 6.29 Å². The van der Waals surface area contributed by atoms with Gasteiger partial charge in [-0.25, -0.2) is 0 Å². The predicted octanol–water partition coefficient (Wildman–Crippen LogP) is 12.9. The fourth-order valence-electron chi connectivity index (χ4n) is 5.92. The van der Waals surface area contributed by atoms with Crippen molar-refractivity contribution in [1.82, 2.24) is 0 Å². The van der Waals surface area contributed by atoms with Crippen LogP contribution in [0.15, 0.2) is 0 Å². The number of carbonyl (C=O) groups is 1. The lowest BCUT2D eigenvalue weighted by Gasteiger charge is -2.12. The third-order valence-electron chi connectivity index (χ3n) is 9.03. The molecule has 1 atom stereocenters. The van der Waals surface area contributed by atoms with E-state index < -0.39 is 12.3 Å². The Balaban J connectivity index is 0. The minimum absolute atomic E-state index is 0.0982. The maximum atomic E-state index is 11.7. The first-order valence-corrected chi connectivity index (χ1v) is 19.6. The molecule has 0 aliphatic rings. The molecule has 4 heteroatoms. The highest BCUT2D eigenvalue weighted by molar-refractivity contribution is 5.69. The van der Waals surface area contributed by atoms with Crippen LogP contribution in [0.3, 0.4) is 0 Å². The summed E-state index contributed by atoms with van der Waals surface area (Å²) < 4.78 is 0. The van der Waals surface area contributed by atoms with E-state index in [0.29, 0.717) is 6.42 Å². The maximum absolute atomic E-state index is 11.7. The fourth-order valence-corrected chi connectivity index (χ4v) is 5.92. The molecule has 0 aromatic carbocycles. The minimum Gasteiger partial charge on any atom is -0.481 e. The van der Waals surface area contributed by atoms with Crippen LogP contribution in [-0.4, -0.2) is 27.6 Å². The second kappa shape index (κ2) is 39.4. The highest BCUT2D eigenvalue weighted by Crippen LogP contribution is 2.20. The second-order valence-corrected chi connectivity index (χ2v) is 13.4. The lowest BCUT2D eigenvalue weighted by molar-refractivity contribution is -0.142. The van der Waals surface area contributed by atoms with Crippen LogP contribution in [0, 0.1) is 5.92 Å². The van der Waals surface area contributed by atoms with Gasteiger partial charge in [0.05, 0.1) is 5.92 Å². The topological polar surface area (TPSA) is 77.8 Å². The first-order chi connectivity index (χ1) is 21.0. The number of carboxylic acid groups (broad SMARTS) is 1. The normalized spacial score (nSPS) is 12.0. The van der Waals surface area contributed by atoms with Crippen LogP contribution in [0.1, 0.15) is 233 Å². The Morgan fingerprint density at radius 1 is 0.395 bits per heavy atom. The summed E-state index contributed by atoms with van der Waals surface area (Å²) in [4.78, 5) is 11.7. The minimum atomic E-state index is -1.12. The Kier molecular flexibility index (Phi) is 40.8. The molecule has 0 aromatic heterocycles. The first-order valence-electron chi connectivity index (χ1n) is 19.6. The zero-order valence-electron chi connectivity index (χ0n) is 29.7. The molecule has 0 aromatic rings. The zero-order chi connectivity index (χ0) is 32.1. The molecule has 0 saturated carbocycles. The predicted molar refractivity (Wildman–Crippen MR) is 189 cm³/mol. The molecule has 43 heavy (non-hydrogen) atoms. The summed E-state index contributed by atoms with van der Waals surface area (Å²) in [5.41, 5.74) is 0. The van der Waals surface area contributed by atoms with Crippen molar-refractivity contribution in [2.45, 2.75) is 239 Å². The third-order valence-corrected chi connectivity index (χ3v) is 9.03. The Bertz CT molecular complexity index is 507. The molecular formula is C39H80O4. The molecule has 0 amide bonds. The van der Waals surface area contributed by atoms with E-state index in [9.17, 15) is 9.90 Å². The van der Waals surface area contributed by atoms with Gasteiger partial charge in [-0.15, -0.1) is 0 Å². The molecule has 0 bridgehead atoms. The van der Waals surface area contributed by atoms with Gasteiger partial charge in [0, 0.05) is 0 Å². The standard InChI is InChI=1S/C36H72O2.C3H8O2/c1-3-5-7-9-11-13-15-17-19-20-22-24-26-28-30-32-34-35(36(37)38)33-31-29-27-25-23-21-18-16-14-12-10-8-6-4-2;1-2-3(4)5/h35H,3-34H2,1-2H3,(H,37,38);3-5H,2H2,1H3. The Morgan fingerprint density at radius 3 is 0.744 bits per heavy atom. The molecule has 0 heterocycles. The van der Waals surface area contributed by atoms with Gasteiger partial charge in [0.1, 0.15) is 0 Å². The number of aliphatic hydroxyl groups excluding tert-OH is 1. The van der Waals surface area contributed by atoms with E-state index in [0.717, 1.165) is 25.7 Å². The molecule has 1 unspecified atom stereocenters.